The normalized spacial score (nSPS) is 29.8. The van der Waals surface area contributed by atoms with E-state index in [1.807, 2.05) is 0 Å². The third-order valence-corrected chi connectivity index (χ3v) is 7.66. The van der Waals surface area contributed by atoms with Gasteiger partial charge in [-0.05, 0) is 113 Å². The molecular weight excluding hydrogens is 360 g/mol. The molecule has 2 aliphatic heterocycles. The summed E-state index contributed by atoms with van der Waals surface area (Å²) in [6.45, 7) is 23.3. The number of rotatable bonds is 5. The van der Waals surface area contributed by atoms with Crippen molar-refractivity contribution < 1.29 is 9.47 Å². The molecule has 170 valence electrons. The zero-order valence-corrected chi connectivity index (χ0v) is 20.6. The van der Waals surface area contributed by atoms with Gasteiger partial charge in [0.15, 0.2) is 0 Å². The minimum Gasteiger partial charge on any atom is -0.375 e. The van der Waals surface area contributed by atoms with Gasteiger partial charge < -0.3 is 9.47 Å². The quantitative estimate of drug-likeness (QED) is 0.632. The smallest absolute Gasteiger partial charge is 0.0631 e. The van der Waals surface area contributed by atoms with Crippen molar-refractivity contribution in [1.29, 1.82) is 0 Å². The molecule has 3 aliphatic rings. The zero-order valence-electron chi connectivity index (χ0n) is 20.6. The standard InChI is InChI=1S/C25H48N2O2/c1-23(2,3)26-13-9-19(10-14-26)25(7,8)27-15-11-20(12-16-27)28-21-17-22(18-21)29-24(4,5)6/h19-22H,9-18H2,1-8H3/t21-,22-. The van der Waals surface area contributed by atoms with E-state index < -0.39 is 0 Å². The molecule has 2 saturated heterocycles. The van der Waals surface area contributed by atoms with Crippen LogP contribution in [0.4, 0.5) is 0 Å². The molecule has 4 heteroatoms. The second-order valence-corrected chi connectivity index (χ2v) is 12.4. The Hall–Kier alpha value is -0.160. The summed E-state index contributed by atoms with van der Waals surface area (Å²) in [4.78, 5) is 5.42. The van der Waals surface area contributed by atoms with Gasteiger partial charge in [0.05, 0.1) is 23.9 Å². The predicted octanol–water partition coefficient (Wildman–Crippen LogP) is 5.10. The lowest BCUT2D eigenvalue weighted by molar-refractivity contribution is -0.170. The molecule has 0 aromatic rings. The van der Waals surface area contributed by atoms with Crippen LogP contribution in [0, 0.1) is 5.92 Å². The first-order valence-electron chi connectivity index (χ1n) is 12.2. The molecule has 1 aliphatic carbocycles. The SMILES string of the molecule is CC(C)(C)O[C@H]1C[C@H](OC2CCN(C(C)(C)C3CCN(C(C)(C)C)CC3)CC2)C1. The molecule has 29 heavy (non-hydrogen) atoms. The summed E-state index contributed by atoms with van der Waals surface area (Å²) >= 11 is 0. The highest BCUT2D eigenvalue weighted by Gasteiger charge is 2.41. The predicted molar refractivity (Wildman–Crippen MR) is 121 cm³/mol. The number of hydrogen-bond acceptors (Lipinski definition) is 4. The van der Waals surface area contributed by atoms with E-state index in [0.717, 1.165) is 18.8 Å². The Bertz CT molecular complexity index is 512. The maximum Gasteiger partial charge on any atom is 0.0631 e. The lowest BCUT2D eigenvalue weighted by atomic mass is 9.77. The number of likely N-dealkylation sites (tertiary alicyclic amines) is 2. The zero-order chi connectivity index (χ0) is 21.4. The Morgan fingerprint density at radius 1 is 0.621 bits per heavy atom. The van der Waals surface area contributed by atoms with Gasteiger partial charge >= 0.3 is 0 Å². The first-order valence-corrected chi connectivity index (χ1v) is 12.2. The monoisotopic (exact) mass is 408 g/mol. The van der Waals surface area contributed by atoms with Gasteiger partial charge in [0.25, 0.3) is 0 Å². The molecule has 0 atom stereocenters. The first-order chi connectivity index (χ1) is 13.3. The molecule has 0 spiro atoms. The van der Waals surface area contributed by atoms with Gasteiger partial charge in [-0.2, -0.15) is 0 Å². The molecule has 0 N–H and O–H groups in total. The third-order valence-electron chi connectivity index (χ3n) is 7.66. The average molecular weight is 409 g/mol. The van der Waals surface area contributed by atoms with Crippen molar-refractivity contribution in [2.45, 2.75) is 129 Å². The maximum atomic E-state index is 6.42. The Kier molecular flexibility index (Phi) is 7.10. The van der Waals surface area contributed by atoms with Crippen molar-refractivity contribution in [3.63, 3.8) is 0 Å². The molecule has 4 nitrogen and oxygen atoms in total. The van der Waals surface area contributed by atoms with E-state index in [9.17, 15) is 0 Å². The molecule has 3 rings (SSSR count). The molecule has 2 heterocycles. The Labute approximate surface area is 180 Å². The van der Waals surface area contributed by atoms with Crippen LogP contribution in [0.1, 0.15) is 93.9 Å². The summed E-state index contributed by atoms with van der Waals surface area (Å²) < 4.78 is 12.5. The van der Waals surface area contributed by atoms with Gasteiger partial charge in [-0.1, -0.05) is 0 Å². The largest absolute Gasteiger partial charge is 0.375 e. The molecule has 1 saturated carbocycles. The van der Waals surface area contributed by atoms with E-state index in [0.29, 0.717) is 29.4 Å². The molecule has 3 fully saturated rings. The minimum atomic E-state index is -0.0322. The highest BCUT2D eigenvalue weighted by molar-refractivity contribution is 4.95. The lowest BCUT2D eigenvalue weighted by Crippen LogP contribution is -2.57. The molecule has 0 amide bonds. The summed E-state index contributed by atoms with van der Waals surface area (Å²) in [5.41, 5.74) is 0.579. The van der Waals surface area contributed by atoms with Crippen LogP contribution in [0.25, 0.3) is 0 Å². The maximum absolute atomic E-state index is 6.42. The fourth-order valence-electron chi connectivity index (χ4n) is 5.58. The van der Waals surface area contributed by atoms with Crippen LogP contribution >= 0.6 is 0 Å². The highest BCUT2D eigenvalue weighted by Crippen LogP contribution is 2.37. The number of ether oxygens (including phenoxy) is 2. The third kappa shape index (κ3) is 6.18. The fraction of sp³-hybridized carbons (Fsp3) is 1.00. The van der Waals surface area contributed by atoms with Gasteiger partial charge in [-0.15, -0.1) is 0 Å². The van der Waals surface area contributed by atoms with Crippen LogP contribution in [0.3, 0.4) is 0 Å². The van der Waals surface area contributed by atoms with Crippen LogP contribution in [0.15, 0.2) is 0 Å². The van der Waals surface area contributed by atoms with Crippen LogP contribution < -0.4 is 0 Å². The number of hydrogen-bond donors (Lipinski definition) is 0. The number of nitrogens with zero attached hydrogens (tertiary/aromatic N) is 2. The summed E-state index contributed by atoms with van der Waals surface area (Å²) in [7, 11) is 0. The summed E-state index contributed by atoms with van der Waals surface area (Å²) in [5.74, 6) is 0.806. The van der Waals surface area contributed by atoms with E-state index in [4.69, 9.17) is 9.47 Å². The first kappa shape index (κ1) is 23.5. The van der Waals surface area contributed by atoms with E-state index >= 15 is 0 Å². The van der Waals surface area contributed by atoms with Crippen molar-refractivity contribution in [3.05, 3.63) is 0 Å². The minimum absolute atomic E-state index is 0.0322. The van der Waals surface area contributed by atoms with E-state index in [2.05, 4.69) is 65.2 Å². The molecule has 0 unspecified atom stereocenters. The lowest BCUT2D eigenvalue weighted by Gasteiger charge is -2.51. The molecule has 0 radical (unpaired) electrons. The molecular formula is C25H48N2O2. The van der Waals surface area contributed by atoms with Gasteiger partial charge in [0.2, 0.25) is 0 Å². The summed E-state index contributed by atoms with van der Waals surface area (Å²) in [5, 5.41) is 0. The molecule has 0 bridgehead atoms. The van der Waals surface area contributed by atoms with Crippen molar-refractivity contribution in [2.24, 2.45) is 5.92 Å². The average Bonchev–Trinajstić information content (AvgIpc) is 2.58. The second kappa shape index (κ2) is 8.76. The van der Waals surface area contributed by atoms with Gasteiger partial charge in [-0.25, -0.2) is 0 Å². The van der Waals surface area contributed by atoms with E-state index in [1.165, 1.54) is 51.9 Å². The Morgan fingerprint density at radius 2 is 1.14 bits per heavy atom. The molecule has 0 aromatic heterocycles. The van der Waals surface area contributed by atoms with Crippen LogP contribution in [-0.4, -0.2) is 71.0 Å². The van der Waals surface area contributed by atoms with Crippen molar-refractivity contribution in [1.82, 2.24) is 9.80 Å². The second-order valence-electron chi connectivity index (χ2n) is 12.4. The van der Waals surface area contributed by atoms with Crippen LogP contribution in [0.5, 0.6) is 0 Å². The van der Waals surface area contributed by atoms with Crippen LogP contribution in [-0.2, 0) is 9.47 Å². The topological polar surface area (TPSA) is 24.9 Å². The van der Waals surface area contributed by atoms with Gasteiger partial charge in [0.1, 0.15) is 0 Å². The van der Waals surface area contributed by atoms with Crippen molar-refractivity contribution in [3.8, 4) is 0 Å². The fourth-order valence-corrected chi connectivity index (χ4v) is 5.58. The van der Waals surface area contributed by atoms with Crippen LogP contribution in [0.2, 0.25) is 0 Å². The van der Waals surface area contributed by atoms with Crippen molar-refractivity contribution in [2.75, 3.05) is 26.2 Å². The molecule has 0 aromatic carbocycles. The summed E-state index contributed by atoms with van der Waals surface area (Å²) in [6.07, 6.45) is 8.47. The van der Waals surface area contributed by atoms with E-state index in [-0.39, 0.29) is 5.60 Å². The summed E-state index contributed by atoms with van der Waals surface area (Å²) in [6, 6.07) is 0. The Balaban J connectivity index is 1.39. The van der Waals surface area contributed by atoms with E-state index in [1.54, 1.807) is 0 Å². The highest BCUT2D eigenvalue weighted by atomic mass is 16.5. The van der Waals surface area contributed by atoms with Crippen molar-refractivity contribution >= 4 is 0 Å². The Morgan fingerprint density at radius 3 is 1.62 bits per heavy atom. The number of piperidine rings is 2. The van der Waals surface area contributed by atoms with Gasteiger partial charge in [0, 0.05) is 24.2 Å². The van der Waals surface area contributed by atoms with Gasteiger partial charge in [-0.3, -0.25) is 9.80 Å².